The van der Waals surface area contributed by atoms with Crippen LogP contribution in [0.5, 0.6) is 5.75 Å². The van der Waals surface area contributed by atoms with E-state index >= 15 is 0 Å². The fourth-order valence-corrected chi connectivity index (χ4v) is 4.16. The summed E-state index contributed by atoms with van der Waals surface area (Å²) in [5.41, 5.74) is 0.988. The number of phenolic OH excluding ortho intramolecular Hbond substituents is 1. The summed E-state index contributed by atoms with van der Waals surface area (Å²) >= 11 is 0. The zero-order valence-electron chi connectivity index (χ0n) is 14.9. The van der Waals surface area contributed by atoms with Crippen LogP contribution in [0.25, 0.3) is 0 Å². The van der Waals surface area contributed by atoms with Gasteiger partial charge in [-0.25, -0.2) is 8.42 Å². The smallest absolute Gasteiger partial charge is 0.151 e. The zero-order chi connectivity index (χ0) is 17.7. The highest BCUT2D eigenvalue weighted by Crippen LogP contribution is 2.30. The lowest BCUT2D eigenvalue weighted by Crippen LogP contribution is -2.42. The molecule has 1 saturated heterocycles. The van der Waals surface area contributed by atoms with Crippen molar-refractivity contribution in [2.75, 3.05) is 12.8 Å². The number of aliphatic hydroxyl groups is 1. The quantitative estimate of drug-likeness (QED) is 0.612. The van der Waals surface area contributed by atoms with E-state index in [2.05, 4.69) is 12.2 Å². The average Bonchev–Trinajstić information content (AvgIpc) is 2.53. The number of aliphatic hydroxyl groups excluding tert-OH is 1. The van der Waals surface area contributed by atoms with E-state index in [1.54, 1.807) is 12.1 Å². The first-order valence-electron chi connectivity index (χ1n) is 8.71. The van der Waals surface area contributed by atoms with Gasteiger partial charge in [0, 0.05) is 17.9 Å². The molecule has 0 spiro atoms. The van der Waals surface area contributed by atoms with E-state index in [-0.39, 0.29) is 34.5 Å². The van der Waals surface area contributed by atoms with E-state index < -0.39 is 15.9 Å². The molecule has 5 nitrogen and oxygen atoms in total. The van der Waals surface area contributed by atoms with Gasteiger partial charge in [-0.2, -0.15) is 0 Å². The van der Waals surface area contributed by atoms with Crippen molar-refractivity contribution < 1.29 is 18.6 Å². The Morgan fingerprint density at radius 1 is 1.32 bits per heavy atom. The van der Waals surface area contributed by atoms with E-state index in [1.807, 2.05) is 0 Å². The van der Waals surface area contributed by atoms with Crippen molar-refractivity contribution in [3.63, 3.8) is 0 Å². The van der Waals surface area contributed by atoms with Gasteiger partial charge in [-0.3, -0.25) is 0 Å². The molecule has 2 rings (SSSR count). The minimum atomic E-state index is -3.24. The molecule has 1 heterocycles. The van der Waals surface area contributed by atoms with Crippen LogP contribution >= 0.6 is 17.0 Å². The highest BCUT2D eigenvalue weighted by Gasteiger charge is 2.27. The van der Waals surface area contributed by atoms with Gasteiger partial charge < -0.3 is 15.5 Å². The van der Waals surface area contributed by atoms with E-state index in [1.165, 1.54) is 25.3 Å². The molecular weight excluding hydrogens is 406 g/mol. The second-order valence-corrected chi connectivity index (χ2v) is 9.14. The van der Waals surface area contributed by atoms with E-state index in [0.29, 0.717) is 17.0 Å². The number of piperidine rings is 1. The van der Waals surface area contributed by atoms with E-state index in [9.17, 15) is 18.6 Å². The fraction of sp³-hybridized carbons (Fsp3) is 0.667. The van der Waals surface area contributed by atoms with Crippen LogP contribution in [0.15, 0.2) is 18.2 Å². The van der Waals surface area contributed by atoms with Crippen molar-refractivity contribution in [1.29, 1.82) is 0 Å². The monoisotopic (exact) mass is 435 g/mol. The van der Waals surface area contributed by atoms with Gasteiger partial charge in [0.2, 0.25) is 0 Å². The van der Waals surface area contributed by atoms with Crippen molar-refractivity contribution in [3.8, 4) is 5.75 Å². The molecular formula is C18H30BrNO4S. The number of phenols is 1. The summed E-state index contributed by atoms with van der Waals surface area (Å²) in [6.07, 6.45) is 6.11. The number of hydrogen-bond donors (Lipinski definition) is 3. The number of nitrogens with one attached hydrogen (secondary N) is 1. The normalized spacial score (nSPS) is 22.2. The van der Waals surface area contributed by atoms with Gasteiger partial charge >= 0.3 is 0 Å². The number of halogens is 1. The molecule has 1 aliphatic heterocycles. The first-order valence-corrected chi connectivity index (χ1v) is 10.8. The molecule has 3 N–H and O–H groups in total. The van der Waals surface area contributed by atoms with Crippen molar-refractivity contribution >= 4 is 26.8 Å². The van der Waals surface area contributed by atoms with Gasteiger partial charge in [0.05, 0.1) is 11.9 Å². The molecule has 1 aromatic rings. The molecule has 1 aliphatic rings. The number of sulfone groups is 1. The highest BCUT2D eigenvalue weighted by atomic mass is 79.9. The molecule has 25 heavy (non-hydrogen) atoms. The average molecular weight is 436 g/mol. The largest absolute Gasteiger partial charge is 0.508 e. The zero-order valence-corrected chi connectivity index (χ0v) is 17.5. The summed E-state index contributed by atoms with van der Waals surface area (Å²) < 4.78 is 22.9. The first kappa shape index (κ1) is 22.4. The van der Waals surface area contributed by atoms with Crippen LogP contribution in [0.1, 0.15) is 56.3 Å². The third-order valence-corrected chi connectivity index (χ3v) is 5.60. The number of aromatic hydroxyl groups is 1. The Morgan fingerprint density at radius 3 is 2.60 bits per heavy atom. The van der Waals surface area contributed by atoms with Gasteiger partial charge in [-0.15, -0.1) is 17.0 Å². The Hall–Kier alpha value is -0.630. The number of rotatable bonds is 7. The van der Waals surface area contributed by atoms with Crippen molar-refractivity contribution in [1.82, 2.24) is 5.32 Å². The lowest BCUT2D eigenvalue weighted by molar-refractivity contribution is 0.101. The summed E-state index contributed by atoms with van der Waals surface area (Å²) in [7, 11) is -3.24. The van der Waals surface area contributed by atoms with Crippen LogP contribution < -0.4 is 5.32 Å². The molecule has 1 aromatic carbocycles. The van der Waals surface area contributed by atoms with Crippen LogP contribution in [-0.4, -0.2) is 37.5 Å². The topological polar surface area (TPSA) is 86.6 Å². The third kappa shape index (κ3) is 6.89. The van der Waals surface area contributed by atoms with Gasteiger partial charge in [0.25, 0.3) is 0 Å². The van der Waals surface area contributed by atoms with E-state index in [0.717, 1.165) is 25.6 Å². The van der Waals surface area contributed by atoms with Gasteiger partial charge in [0.15, 0.2) is 9.84 Å². The van der Waals surface area contributed by atoms with Crippen molar-refractivity contribution in [2.24, 2.45) is 5.92 Å². The fourth-order valence-electron chi connectivity index (χ4n) is 3.37. The summed E-state index contributed by atoms with van der Waals surface area (Å²) in [5.74, 6) is 0.401. The Kier molecular flexibility index (Phi) is 8.87. The molecule has 1 fully saturated rings. The molecule has 144 valence electrons. The number of benzene rings is 1. The number of hydrogen-bond acceptors (Lipinski definition) is 5. The molecule has 0 amide bonds. The maximum atomic E-state index is 11.5. The number of unbranched alkanes of at least 4 members (excludes halogenated alkanes) is 1. The van der Waals surface area contributed by atoms with Gasteiger partial charge in [-0.1, -0.05) is 25.8 Å². The molecule has 0 bridgehead atoms. The van der Waals surface area contributed by atoms with Crippen LogP contribution in [-0.2, 0) is 15.6 Å². The minimum absolute atomic E-state index is 0. The standard InChI is InChI=1S/C18H29NO4S.BrH/c1-3-4-5-13-6-8-16(19-11-13)18(21)14-7-9-17(20)15(10-14)12-24(2,22)23;/h7,9-10,13,16,18-21H,3-6,8,11-12H2,1-2H3;1H. The molecule has 0 saturated carbocycles. The second-order valence-electron chi connectivity index (χ2n) is 7.00. The molecule has 0 aromatic heterocycles. The summed E-state index contributed by atoms with van der Waals surface area (Å²) in [6, 6.07) is 4.70. The molecule has 7 heteroatoms. The molecule has 3 atom stereocenters. The Morgan fingerprint density at radius 2 is 2.04 bits per heavy atom. The predicted molar refractivity (Wildman–Crippen MR) is 106 cm³/mol. The maximum absolute atomic E-state index is 11.5. The van der Waals surface area contributed by atoms with Gasteiger partial charge in [0.1, 0.15) is 5.75 Å². The molecule has 3 unspecified atom stereocenters. The van der Waals surface area contributed by atoms with Crippen LogP contribution in [0.3, 0.4) is 0 Å². The third-order valence-electron chi connectivity index (χ3n) is 4.76. The summed E-state index contributed by atoms with van der Waals surface area (Å²) in [6.45, 7) is 3.11. The lowest BCUT2D eigenvalue weighted by Gasteiger charge is -2.33. The summed E-state index contributed by atoms with van der Waals surface area (Å²) in [5, 5.41) is 23.9. The highest BCUT2D eigenvalue weighted by molar-refractivity contribution is 8.93. The minimum Gasteiger partial charge on any atom is -0.508 e. The maximum Gasteiger partial charge on any atom is 0.151 e. The lowest BCUT2D eigenvalue weighted by atomic mass is 9.87. The van der Waals surface area contributed by atoms with Crippen molar-refractivity contribution in [2.45, 2.75) is 56.9 Å². The van der Waals surface area contributed by atoms with Crippen LogP contribution in [0.4, 0.5) is 0 Å². The van der Waals surface area contributed by atoms with Gasteiger partial charge in [-0.05, 0) is 49.4 Å². The molecule has 0 aliphatic carbocycles. The van der Waals surface area contributed by atoms with Crippen molar-refractivity contribution in [3.05, 3.63) is 29.3 Å². The molecule has 0 radical (unpaired) electrons. The van der Waals surface area contributed by atoms with Crippen LogP contribution in [0, 0.1) is 5.92 Å². The second kappa shape index (κ2) is 9.90. The Bertz CT molecular complexity index is 642. The Balaban J connectivity index is 0.00000312. The first-order chi connectivity index (χ1) is 11.3. The van der Waals surface area contributed by atoms with E-state index in [4.69, 9.17) is 0 Å². The van der Waals surface area contributed by atoms with Crippen LogP contribution in [0.2, 0.25) is 0 Å². The summed E-state index contributed by atoms with van der Waals surface area (Å²) in [4.78, 5) is 0. The predicted octanol–water partition coefficient (Wildman–Crippen LogP) is 3.11. The Labute approximate surface area is 161 Å². The SMILES string of the molecule is Br.CCCCC1CCC(C(O)c2ccc(O)c(CS(C)(=O)=O)c2)NC1.